The summed E-state index contributed by atoms with van der Waals surface area (Å²) >= 11 is 3.10. The molecule has 0 bridgehead atoms. The van der Waals surface area contributed by atoms with Crippen molar-refractivity contribution in [3.63, 3.8) is 0 Å². The van der Waals surface area contributed by atoms with Gasteiger partial charge >= 0.3 is 0 Å². The van der Waals surface area contributed by atoms with E-state index < -0.39 is 0 Å². The molecule has 0 saturated carbocycles. The zero-order valence-corrected chi connectivity index (χ0v) is 10.7. The predicted molar refractivity (Wildman–Crippen MR) is 67.7 cm³/mol. The summed E-state index contributed by atoms with van der Waals surface area (Å²) in [6.07, 6.45) is 0.989. The van der Waals surface area contributed by atoms with Gasteiger partial charge in [-0.1, -0.05) is 13.0 Å². The Bertz CT molecular complexity index is 379. The lowest BCUT2D eigenvalue weighted by atomic mass is 10.2. The molecule has 0 amide bonds. The molecule has 0 aliphatic rings. The number of hydrogen-bond donors (Lipinski definition) is 2. The molecule has 0 spiro atoms. The largest absolute Gasteiger partial charge is 0.370 e. The summed E-state index contributed by atoms with van der Waals surface area (Å²) in [6.45, 7) is 3.22. The summed E-state index contributed by atoms with van der Waals surface area (Å²) in [5.41, 5.74) is 6.40. The first kappa shape index (κ1) is 13.0. The maximum absolute atomic E-state index is 13.2. The lowest BCUT2D eigenvalue weighted by molar-refractivity contribution is 0.618. The molecule has 1 aromatic carbocycles. The Hall–Kier alpha value is -1.10. The minimum atomic E-state index is -0.284. The molecule has 1 aromatic rings. The van der Waals surface area contributed by atoms with Crippen LogP contribution in [-0.2, 0) is 6.54 Å². The highest BCUT2D eigenvalue weighted by atomic mass is 79.9. The van der Waals surface area contributed by atoms with Gasteiger partial charge in [0.25, 0.3) is 0 Å². The van der Waals surface area contributed by atoms with Gasteiger partial charge < -0.3 is 11.1 Å². The van der Waals surface area contributed by atoms with E-state index in [1.807, 2.05) is 13.0 Å². The average Bonchev–Trinajstić information content (AvgIpc) is 2.28. The summed E-state index contributed by atoms with van der Waals surface area (Å²) < 4.78 is 13.6. The first-order valence-corrected chi connectivity index (χ1v) is 5.90. The molecular formula is C11H15BrFN3. The van der Waals surface area contributed by atoms with Crippen LogP contribution < -0.4 is 11.1 Å². The molecule has 0 aliphatic carbocycles. The molecular weight excluding hydrogens is 273 g/mol. The molecule has 3 nitrogen and oxygen atoms in total. The Morgan fingerprint density at radius 2 is 2.31 bits per heavy atom. The third-order valence-corrected chi connectivity index (χ3v) is 2.62. The molecule has 0 fully saturated rings. The Morgan fingerprint density at radius 3 is 2.94 bits per heavy atom. The minimum Gasteiger partial charge on any atom is -0.370 e. The quantitative estimate of drug-likeness (QED) is 0.660. The van der Waals surface area contributed by atoms with Crippen LogP contribution in [0, 0.1) is 5.82 Å². The van der Waals surface area contributed by atoms with Crippen molar-refractivity contribution < 1.29 is 4.39 Å². The molecule has 1 rings (SSSR count). The van der Waals surface area contributed by atoms with E-state index in [0.717, 1.165) is 18.5 Å². The molecule has 88 valence electrons. The molecule has 16 heavy (non-hydrogen) atoms. The SMILES string of the molecule is CCCNC(N)=NCc1ccc(Br)c(F)c1. The number of guanidine groups is 1. The van der Waals surface area contributed by atoms with Crippen molar-refractivity contribution in [2.24, 2.45) is 10.7 Å². The van der Waals surface area contributed by atoms with Crippen LogP contribution in [0.4, 0.5) is 4.39 Å². The van der Waals surface area contributed by atoms with E-state index in [1.165, 1.54) is 6.07 Å². The fraction of sp³-hybridized carbons (Fsp3) is 0.364. The third-order valence-electron chi connectivity index (χ3n) is 1.97. The molecule has 0 heterocycles. The maximum Gasteiger partial charge on any atom is 0.188 e. The molecule has 5 heteroatoms. The lowest BCUT2D eigenvalue weighted by Crippen LogP contribution is -2.32. The van der Waals surface area contributed by atoms with E-state index in [-0.39, 0.29) is 5.82 Å². The van der Waals surface area contributed by atoms with Crippen LogP contribution in [0.3, 0.4) is 0 Å². The van der Waals surface area contributed by atoms with Crippen LogP contribution in [-0.4, -0.2) is 12.5 Å². The summed E-state index contributed by atoms with van der Waals surface area (Å²) in [7, 11) is 0. The monoisotopic (exact) mass is 287 g/mol. The second-order valence-corrected chi connectivity index (χ2v) is 4.23. The summed E-state index contributed by atoms with van der Waals surface area (Å²) in [5.74, 6) is 0.109. The van der Waals surface area contributed by atoms with Gasteiger partial charge in [0.05, 0.1) is 11.0 Å². The lowest BCUT2D eigenvalue weighted by Gasteiger charge is -2.03. The Balaban J connectivity index is 2.56. The van der Waals surface area contributed by atoms with Gasteiger partial charge in [0.1, 0.15) is 5.82 Å². The predicted octanol–water partition coefficient (Wildman–Crippen LogP) is 2.40. The molecule has 0 radical (unpaired) electrons. The second kappa shape index (κ2) is 6.48. The van der Waals surface area contributed by atoms with Crippen molar-refractivity contribution in [2.75, 3.05) is 6.54 Å². The smallest absolute Gasteiger partial charge is 0.188 e. The van der Waals surface area contributed by atoms with E-state index in [1.54, 1.807) is 6.07 Å². The van der Waals surface area contributed by atoms with Gasteiger partial charge in [-0.05, 0) is 40.0 Å². The van der Waals surface area contributed by atoms with E-state index in [2.05, 4.69) is 26.2 Å². The molecule has 0 unspecified atom stereocenters. The summed E-state index contributed by atoms with van der Waals surface area (Å²) in [5, 5.41) is 2.95. The number of halogens is 2. The first-order chi connectivity index (χ1) is 7.63. The van der Waals surface area contributed by atoms with Gasteiger partial charge in [0.2, 0.25) is 0 Å². The van der Waals surface area contributed by atoms with Gasteiger partial charge in [-0.15, -0.1) is 0 Å². The molecule has 0 saturated heterocycles. The van der Waals surface area contributed by atoms with E-state index in [9.17, 15) is 4.39 Å². The fourth-order valence-electron chi connectivity index (χ4n) is 1.12. The highest BCUT2D eigenvalue weighted by Gasteiger charge is 2.00. The van der Waals surface area contributed by atoms with Gasteiger partial charge in [-0.2, -0.15) is 0 Å². The van der Waals surface area contributed by atoms with Crippen LogP contribution in [0.25, 0.3) is 0 Å². The summed E-state index contributed by atoms with van der Waals surface area (Å²) in [4.78, 5) is 4.10. The number of nitrogens with one attached hydrogen (secondary N) is 1. The molecule has 0 aliphatic heterocycles. The fourth-order valence-corrected chi connectivity index (χ4v) is 1.37. The molecule has 3 N–H and O–H groups in total. The maximum atomic E-state index is 13.2. The zero-order valence-electron chi connectivity index (χ0n) is 9.13. The molecule has 0 aromatic heterocycles. The number of aliphatic imine (C=N–C) groups is 1. The normalized spacial score (nSPS) is 11.6. The highest BCUT2D eigenvalue weighted by Crippen LogP contribution is 2.16. The number of benzene rings is 1. The highest BCUT2D eigenvalue weighted by molar-refractivity contribution is 9.10. The summed E-state index contributed by atoms with van der Waals surface area (Å²) in [6, 6.07) is 4.92. The van der Waals surface area contributed by atoms with Crippen LogP contribution in [0.2, 0.25) is 0 Å². The van der Waals surface area contributed by atoms with E-state index in [4.69, 9.17) is 5.73 Å². The van der Waals surface area contributed by atoms with Gasteiger partial charge in [-0.25, -0.2) is 9.38 Å². The number of nitrogens with zero attached hydrogens (tertiary/aromatic N) is 1. The van der Waals surface area contributed by atoms with Gasteiger partial charge in [0, 0.05) is 6.54 Å². The van der Waals surface area contributed by atoms with Crippen LogP contribution in [0.5, 0.6) is 0 Å². The topological polar surface area (TPSA) is 50.4 Å². The Kier molecular flexibility index (Phi) is 5.25. The number of rotatable bonds is 4. The van der Waals surface area contributed by atoms with E-state index in [0.29, 0.717) is 17.0 Å². The van der Waals surface area contributed by atoms with Crippen molar-refractivity contribution in [2.45, 2.75) is 19.9 Å². The number of nitrogens with two attached hydrogens (primary N) is 1. The number of hydrogen-bond acceptors (Lipinski definition) is 1. The van der Waals surface area contributed by atoms with E-state index >= 15 is 0 Å². The molecule has 0 atom stereocenters. The Labute approximate surface area is 103 Å². The van der Waals surface area contributed by atoms with Gasteiger partial charge in [-0.3, -0.25) is 0 Å². The van der Waals surface area contributed by atoms with Crippen molar-refractivity contribution >= 4 is 21.9 Å². The van der Waals surface area contributed by atoms with Crippen molar-refractivity contribution in [3.8, 4) is 0 Å². The standard InChI is InChI=1S/C11H15BrFN3/c1-2-5-15-11(14)16-7-8-3-4-9(12)10(13)6-8/h3-4,6H,2,5,7H2,1H3,(H3,14,15,16). The third kappa shape index (κ3) is 4.18. The zero-order chi connectivity index (χ0) is 12.0. The average molecular weight is 288 g/mol. The van der Waals surface area contributed by atoms with Crippen LogP contribution in [0.1, 0.15) is 18.9 Å². The first-order valence-electron chi connectivity index (χ1n) is 5.11. The van der Waals surface area contributed by atoms with Crippen LogP contribution >= 0.6 is 15.9 Å². The second-order valence-electron chi connectivity index (χ2n) is 3.38. The Morgan fingerprint density at radius 1 is 1.56 bits per heavy atom. The van der Waals surface area contributed by atoms with Gasteiger partial charge in [0.15, 0.2) is 5.96 Å². The van der Waals surface area contributed by atoms with Crippen molar-refractivity contribution in [3.05, 3.63) is 34.1 Å². The van der Waals surface area contributed by atoms with Crippen molar-refractivity contribution in [1.29, 1.82) is 0 Å². The van der Waals surface area contributed by atoms with Crippen LogP contribution in [0.15, 0.2) is 27.7 Å². The van der Waals surface area contributed by atoms with Crippen molar-refractivity contribution in [1.82, 2.24) is 5.32 Å². The minimum absolute atomic E-state index is 0.284.